The third-order valence-corrected chi connectivity index (χ3v) is 3.27. The molecule has 0 saturated carbocycles. The Morgan fingerprint density at radius 1 is 0.708 bits per heavy atom. The minimum atomic E-state index is 0.0752. The molecule has 0 aliphatic heterocycles. The van der Waals surface area contributed by atoms with Gasteiger partial charge in [-0.15, -0.1) is 0 Å². The highest BCUT2D eigenvalue weighted by atomic mass is 16.5. The van der Waals surface area contributed by atoms with E-state index in [1.807, 2.05) is 97.1 Å². The van der Waals surface area contributed by atoms with Crippen LogP contribution in [0.25, 0.3) is 6.08 Å². The van der Waals surface area contributed by atoms with Gasteiger partial charge in [-0.1, -0.05) is 91.0 Å². The smallest absolute Gasteiger partial charge is 0.193 e. The van der Waals surface area contributed by atoms with Gasteiger partial charge in [0.25, 0.3) is 0 Å². The lowest BCUT2D eigenvalue weighted by atomic mass is 10.0. The zero-order valence-electron chi connectivity index (χ0n) is 13.6. The van der Waals surface area contributed by atoms with Crippen LogP contribution in [0.15, 0.2) is 97.3 Å². The quantitative estimate of drug-likeness (QED) is 0.487. The van der Waals surface area contributed by atoms with Gasteiger partial charge in [0, 0.05) is 11.1 Å². The summed E-state index contributed by atoms with van der Waals surface area (Å²) in [4.78, 5) is 11.8. The number of methoxy groups -OCH3 is 1. The van der Waals surface area contributed by atoms with Crippen LogP contribution < -0.4 is 0 Å². The molecule has 0 N–H and O–H groups in total. The number of carbonyl (C=O) groups excluding carboxylic acids is 1. The molecule has 0 saturated heterocycles. The topological polar surface area (TPSA) is 26.3 Å². The maximum absolute atomic E-state index is 11.8. The summed E-state index contributed by atoms with van der Waals surface area (Å²) >= 11 is 0. The summed E-state index contributed by atoms with van der Waals surface area (Å²) in [6.07, 6.45) is 3.58. The Balaban J connectivity index is 0.000000185. The van der Waals surface area contributed by atoms with Crippen molar-refractivity contribution in [1.29, 1.82) is 0 Å². The Kier molecular flexibility index (Phi) is 7.03. The van der Waals surface area contributed by atoms with Crippen molar-refractivity contribution in [3.63, 3.8) is 0 Å². The Hall–Kier alpha value is -3.13. The highest BCUT2D eigenvalue weighted by Gasteiger charge is 2.06. The molecular formula is C22H20O2. The Labute approximate surface area is 143 Å². The number of ketones is 1. The molecule has 0 amide bonds. The van der Waals surface area contributed by atoms with Crippen molar-refractivity contribution < 1.29 is 9.53 Å². The van der Waals surface area contributed by atoms with Crippen LogP contribution in [0.3, 0.4) is 0 Å². The maximum atomic E-state index is 11.8. The van der Waals surface area contributed by atoms with E-state index in [1.54, 1.807) is 13.4 Å². The molecular weight excluding hydrogens is 296 g/mol. The lowest BCUT2D eigenvalue weighted by Crippen LogP contribution is -1.99. The first kappa shape index (κ1) is 17.2. The van der Waals surface area contributed by atoms with Crippen LogP contribution in [0.5, 0.6) is 0 Å². The minimum absolute atomic E-state index is 0.0752. The summed E-state index contributed by atoms with van der Waals surface area (Å²) < 4.78 is 4.77. The van der Waals surface area contributed by atoms with Crippen LogP contribution in [0.4, 0.5) is 0 Å². The van der Waals surface area contributed by atoms with E-state index in [0.29, 0.717) is 0 Å². The molecule has 0 atom stereocenters. The van der Waals surface area contributed by atoms with E-state index < -0.39 is 0 Å². The van der Waals surface area contributed by atoms with E-state index in [9.17, 15) is 4.79 Å². The van der Waals surface area contributed by atoms with E-state index in [0.717, 1.165) is 16.7 Å². The fourth-order valence-electron chi connectivity index (χ4n) is 2.06. The average molecular weight is 316 g/mol. The first-order valence-electron chi connectivity index (χ1n) is 7.70. The van der Waals surface area contributed by atoms with E-state index in [-0.39, 0.29) is 5.78 Å². The first-order chi connectivity index (χ1) is 11.8. The van der Waals surface area contributed by atoms with Crippen molar-refractivity contribution >= 4 is 11.9 Å². The normalized spacial score (nSPS) is 9.88. The van der Waals surface area contributed by atoms with Crippen LogP contribution in [0.1, 0.15) is 21.5 Å². The standard InChI is InChI=1S/C13H10O.C9H10O/c14-13(11-7-3-1-4-8-11)12-9-5-2-6-10-12;1-10-8-7-9-5-3-2-4-6-9/h1-10H;2-8H,1H3. The third-order valence-electron chi connectivity index (χ3n) is 3.27. The van der Waals surface area contributed by atoms with Gasteiger partial charge < -0.3 is 4.74 Å². The summed E-state index contributed by atoms with van der Waals surface area (Å²) in [7, 11) is 1.64. The van der Waals surface area contributed by atoms with Gasteiger partial charge in [-0.25, -0.2) is 0 Å². The molecule has 0 aliphatic rings. The lowest BCUT2D eigenvalue weighted by Gasteiger charge is -1.99. The van der Waals surface area contributed by atoms with Gasteiger partial charge in [0.15, 0.2) is 5.78 Å². The molecule has 2 nitrogen and oxygen atoms in total. The number of benzene rings is 3. The van der Waals surface area contributed by atoms with Crippen molar-refractivity contribution in [3.05, 3.63) is 114 Å². The molecule has 0 unspecified atom stereocenters. The molecule has 0 fully saturated rings. The molecule has 3 aromatic rings. The summed E-state index contributed by atoms with van der Waals surface area (Å²) in [6, 6.07) is 28.6. The van der Waals surface area contributed by atoms with Gasteiger partial charge in [-0.2, -0.15) is 0 Å². The number of hydrogen-bond donors (Lipinski definition) is 0. The predicted molar refractivity (Wildman–Crippen MR) is 98.8 cm³/mol. The molecule has 0 aromatic heterocycles. The van der Waals surface area contributed by atoms with Crippen molar-refractivity contribution in [2.24, 2.45) is 0 Å². The Bertz CT molecular complexity index is 706. The first-order valence-corrected chi connectivity index (χ1v) is 7.70. The highest BCUT2D eigenvalue weighted by Crippen LogP contribution is 2.08. The number of hydrogen-bond acceptors (Lipinski definition) is 2. The lowest BCUT2D eigenvalue weighted by molar-refractivity contribution is 0.103. The molecule has 0 bridgehead atoms. The van der Waals surface area contributed by atoms with Crippen molar-refractivity contribution in [1.82, 2.24) is 0 Å². The number of carbonyl (C=O) groups is 1. The van der Waals surface area contributed by atoms with Gasteiger partial charge in [0.05, 0.1) is 13.4 Å². The van der Waals surface area contributed by atoms with E-state index >= 15 is 0 Å². The molecule has 0 radical (unpaired) electrons. The molecule has 24 heavy (non-hydrogen) atoms. The monoisotopic (exact) mass is 316 g/mol. The van der Waals surface area contributed by atoms with Gasteiger partial charge >= 0.3 is 0 Å². The zero-order valence-corrected chi connectivity index (χ0v) is 13.6. The summed E-state index contributed by atoms with van der Waals surface area (Å²) in [6.45, 7) is 0. The molecule has 3 rings (SSSR count). The number of rotatable bonds is 4. The second-order valence-electron chi connectivity index (χ2n) is 5.01. The second kappa shape index (κ2) is 9.80. The van der Waals surface area contributed by atoms with Gasteiger partial charge in [-0.3, -0.25) is 4.79 Å². The van der Waals surface area contributed by atoms with Crippen molar-refractivity contribution in [3.8, 4) is 0 Å². The number of ether oxygens (including phenoxy) is 1. The van der Waals surface area contributed by atoms with Crippen LogP contribution in [0.2, 0.25) is 0 Å². The van der Waals surface area contributed by atoms with Gasteiger partial charge in [0.1, 0.15) is 0 Å². The molecule has 0 aliphatic carbocycles. The zero-order chi connectivity index (χ0) is 17.0. The molecule has 2 heteroatoms. The molecule has 120 valence electrons. The van der Waals surface area contributed by atoms with E-state index in [1.165, 1.54) is 0 Å². The highest BCUT2D eigenvalue weighted by molar-refractivity contribution is 6.08. The SMILES string of the molecule is COC=Cc1ccccc1.O=C(c1ccccc1)c1ccccc1. The average Bonchev–Trinajstić information content (AvgIpc) is 2.68. The summed E-state index contributed by atoms with van der Waals surface area (Å²) in [5.74, 6) is 0.0752. The Morgan fingerprint density at radius 3 is 1.54 bits per heavy atom. The van der Waals surface area contributed by atoms with Gasteiger partial charge in [-0.05, 0) is 11.6 Å². The second-order valence-corrected chi connectivity index (χ2v) is 5.01. The van der Waals surface area contributed by atoms with Crippen LogP contribution in [0, 0.1) is 0 Å². The molecule has 0 spiro atoms. The fourth-order valence-corrected chi connectivity index (χ4v) is 2.06. The van der Waals surface area contributed by atoms with Crippen molar-refractivity contribution in [2.45, 2.75) is 0 Å². The summed E-state index contributed by atoms with van der Waals surface area (Å²) in [5, 5.41) is 0. The van der Waals surface area contributed by atoms with E-state index in [2.05, 4.69) is 0 Å². The molecule has 0 heterocycles. The predicted octanol–water partition coefficient (Wildman–Crippen LogP) is 5.22. The van der Waals surface area contributed by atoms with Crippen LogP contribution >= 0.6 is 0 Å². The third kappa shape index (κ3) is 5.58. The van der Waals surface area contributed by atoms with E-state index in [4.69, 9.17) is 4.74 Å². The largest absolute Gasteiger partial charge is 0.504 e. The van der Waals surface area contributed by atoms with Crippen molar-refractivity contribution in [2.75, 3.05) is 7.11 Å². The molecule has 3 aromatic carbocycles. The van der Waals surface area contributed by atoms with Crippen LogP contribution in [-0.4, -0.2) is 12.9 Å². The summed E-state index contributed by atoms with van der Waals surface area (Å²) in [5.41, 5.74) is 2.63. The minimum Gasteiger partial charge on any atom is -0.504 e. The van der Waals surface area contributed by atoms with Crippen LogP contribution in [-0.2, 0) is 4.74 Å². The van der Waals surface area contributed by atoms with Gasteiger partial charge in [0.2, 0.25) is 0 Å². The Morgan fingerprint density at radius 2 is 1.12 bits per heavy atom. The maximum Gasteiger partial charge on any atom is 0.193 e. The fraction of sp³-hybridized carbons (Fsp3) is 0.0455.